The first kappa shape index (κ1) is 11.6. The first-order valence-corrected chi connectivity index (χ1v) is 5.16. The van der Waals surface area contributed by atoms with Crippen LogP contribution in [0.2, 0.25) is 0 Å². The SMILES string of the molecule is CCC(CCc1ccccc1)OC(=O)O. The molecule has 0 aliphatic heterocycles. The Morgan fingerprint density at radius 1 is 1.40 bits per heavy atom. The van der Waals surface area contributed by atoms with Gasteiger partial charge in [-0.2, -0.15) is 0 Å². The normalized spacial score (nSPS) is 12.1. The molecule has 0 saturated heterocycles. The molecule has 1 rings (SSSR count). The molecule has 3 heteroatoms. The number of aryl methyl sites for hydroxylation is 1. The van der Waals surface area contributed by atoms with E-state index in [2.05, 4.69) is 0 Å². The molecule has 1 atom stereocenters. The Morgan fingerprint density at radius 3 is 2.60 bits per heavy atom. The molecule has 1 unspecified atom stereocenters. The van der Waals surface area contributed by atoms with Crippen LogP contribution in [-0.2, 0) is 11.2 Å². The highest BCUT2D eigenvalue weighted by molar-refractivity contribution is 5.57. The van der Waals surface area contributed by atoms with E-state index in [1.807, 2.05) is 37.3 Å². The van der Waals surface area contributed by atoms with Crippen LogP contribution in [0.25, 0.3) is 0 Å². The van der Waals surface area contributed by atoms with Crippen LogP contribution in [0.1, 0.15) is 25.3 Å². The summed E-state index contributed by atoms with van der Waals surface area (Å²) in [5, 5.41) is 8.49. The van der Waals surface area contributed by atoms with Gasteiger partial charge in [-0.15, -0.1) is 0 Å². The summed E-state index contributed by atoms with van der Waals surface area (Å²) in [5.41, 5.74) is 1.21. The molecule has 82 valence electrons. The standard InChI is InChI=1S/C12H16O3/c1-2-11(15-12(13)14)9-8-10-6-4-3-5-7-10/h3-7,11H,2,8-9H2,1H3,(H,13,14). The fourth-order valence-corrected chi connectivity index (χ4v) is 1.46. The Kier molecular flexibility index (Phi) is 4.68. The largest absolute Gasteiger partial charge is 0.506 e. The molecule has 0 aromatic heterocycles. The number of hydrogen-bond acceptors (Lipinski definition) is 2. The topological polar surface area (TPSA) is 46.5 Å². The third-order valence-corrected chi connectivity index (χ3v) is 2.32. The van der Waals surface area contributed by atoms with Crippen molar-refractivity contribution in [2.45, 2.75) is 32.3 Å². The highest BCUT2D eigenvalue weighted by atomic mass is 16.7. The van der Waals surface area contributed by atoms with Crippen molar-refractivity contribution < 1.29 is 14.6 Å². The van der Waals surface area contributed by atoms with Gasteiger partial charge in [0.25, 0.3) is 0 Å². The van der Waals surface area contributed by atoms with Gasteiger partial charge in [-0.25, -0.2) is 4.79 Å². The van der Waals surface area contributed by atoms with Gasteiger partial charge < -0.3 is 9.84 Å². The predicted octanol–water partition coefficient (Wildman–Crippen LogP) is 3.09. The van der Waals surface area contributed by atoms with Crippen LogP contribution >= 0.6 is 0 Å². The molecule has 0 aliphatic carbocycles. The molecule has 0 spiro atoms. The zero-order chi connectivity index (χ0) is 11.1. The molecule has 1 aromatic carbocycles. The molecular formula is C12H16O3. The van der Waals surface area contributed by atoms with Crippen molar-refractivity contribution >= 4 is 6.16 Å². The minimum absolute atomic E-state index is 0.192. The molecule has 0 saturated carbocycles. The molecule has 0 radical (unpaired) electrons. The average molecular weight is 208 g/mol. The van der Waals surface area contributed by atoms with Crippen LogP contribution in [0.3, 0.4) is 0 Å². The van der Waals surface area contributed by atoms with E-state index in [9.17, 15) is 4.79 Å². The first-order valence-electron chi connectivity index (χ1n) is 5.16. The van der Waals surface area contributed by atoms with Gasteiger partial charge in [0.2, 0.25) is 0 Å². The Balaban J connectivity index is 2.37. The molecular weight excluding hydrogens is 192 g/mol. The van der Waals surface area contributed by atoms with Crippen LogP contribution < -0.4 is 0 Å². The van der Waals surface area contributed by atoms with Crippen LogP contribution in [0, 0.1) is 0 Å². The Morgan fingerprint density at radius 2 is 2.07 bits per heavy atom. The van der Waals surface area contributed by atoms with E-state index < -0.39 is 6.16 Å². The van der Waals surface area contributed by atoms with Crippen LogP contribution in [-0.4, -0.2) is 17.4 Å². The summed E-state index contributed by atoms with van der Waals surface area (Å²) in [4.78, 5) is 10.4. The summed E-state index contributed by atoms with van der Waals surface area (Å²) in [7, 11) is 0. The van der Waals surface area contributed by atoms with Gasteiger partial charge in [0, 0.05) is 0 Å². The fraction of sp³-hybridized carbons (Fsp3) is 0.417. The molecule has 0 heterocycles. The predicted molar refractivity (Wildman–Crippen MR) is 58.0 cm³/mol. The number of rotatable bonds is 5. The maximum absolute atomic E-state index is 10.4. The lowest BCUT2D eigenvalue weighted by molar-refractivity contribution is 0.0467. The van der Waals surface area contributed by atoms with Gasteiger partial charge in [-0.3, -0.25) is 0 Å². The van der Waals surface area contributed by atoms with E-state index in [4.69, 9.17) is 9.84 Å². The molecule has 0 amide bonds. The summed E-state index contributed by atoms with van der Waals surface area (Å²) in [6, 6.07) is 10.00. The zero-order valence-corrected chi connectivity index (χ0v) is 8.85. The van der Waals surface area contributed by atoms with Gasteiger partial charge in [0.15, 0.2) is 0 Å². The number of hydrogen-bond donors (Lipinski definition) is 1. The smallest absolute Gasteiger partial charge is 0.450 e. The van der Waals surface area contributed by atoms with Gasteiger partial charge in [-0.1, -0.05) is 37.3 Å². The Labute approximate surface area is 89.7 Å². The van der Waals surface area contributed by atoms with E-state index in [1.165, 1.54) is 5.56 Å². The highest BCUT2D eigenvalue weighted by Gasteiger charge is 2.10. The van der Waals surface area contributed by atoms with Gasteiger partial charge in [-0.05, 0) is 24.8 Å². The number of ether oxygens (including phenoxy) is 1. The van der Waals surface area contributed by atoms with Crippen molar-refractivity contribution in [3.63, 3.8) is 0 Å². The van der Waals surface area contributed by atoms with E-state index in [0.717, 1.165) is 19.3 Å². The second kappa shape index (κ2) is 6.06. The van der Waals surface area contributed by atoms with Gasteiger partial charge in [0.1, 0.15) is 6.10 Å². The fourth-order valence-electron chi connectivity index (χ4n) is 1.46. The van der Waals surface area contributed by atoms with Crippen molar-refractivity contribution in [2.24, 2.45) is 0 Å². The lowest BCUT2D eigenvalue weighted by Gasteiger charge is -2.13. The van der Waals surface area contributed by atoms with E-state index in [1.54, 1.807) is 0 Å². The Hall–Kier alpha value is -1.51. The number of carbonyl (C=O) groups is 1. The molecule has 3 nitrogen and oxygen atoms in total. The van der Waals surface area contributed by atoms with Crippen molar-refractivity contribution in [2.75, 3.05) is 0 Å². The molecule has 1 aromatic rings. The van der Waals surface area contributed by atoms with E-state index in [0.29, 0.717) is 0 Å². The van der Waals surface area contributed by atoms with E-state index >= 15 is 0 Å². The van der Waals surface area contributed by atoms with Crippen molar-refractivity contribution in [1.82, 2.24) is 0 Å². The third kappa shape index (κ3) is 4.49. The highest BCUT2D eigenvalue weighted by Crippen LogP contribution is 2.10. The van der Waals surface area contributed by atoms with Gasteiger partial charge in [0.05, 0.1) is 0 Å². The maximum atomic E-state index is 10.4. The molecule has 0 bridgehead atoms. The average Bonchev–Trinajstić information content (AvgIpc) is 2.25. The van der Waals surface area contributed by atoms with Crippen LogP contribution in [0.4, 0.5) is 4.79 Å². The number of benzene rings is 1. The Bertz CT molecular complexity index is 295. The second-order valence-corrected chi connectivity index (χ2v) is 3.44. The molecule has 15 heavy (non-hydrogen) atoms. The lowest BCUT2D eigenvalue weighted by atomic mass is 10.1. The maximum Gasteiger partial charge on any atom is 0.506 e. The summed E-state index contributed by atoms with van der Waals surface area (Å²) in [5.74, 6) is 0. The summed E-state index contributed by atoms with van der Waals surface area (Å²) in [6.45, 7) is 1.93. The minimum atomic E-state index is -1.19. The van der Waals surface area contributed by atoms with Crippen LogP contribution in [0.15, 0.2) is 30.3 Å². The quantitative estimate of drug-likeness (QED) is 0.756. The lowest BCUT2D eigenvalue weighted by Crippen LogP contribution is -2.16. The second-order valence-electron chi connectivity index (χ2n) is 3.44. The number of carboxylic acid groups (broad SMARTS) is 1. The molecule has 0 aliphatic rings. The van der Waals surface area contributed by atoms with E-state index in [-0.39, 0.29) is 6.10 Å². The molecule has 1 N–H and O–H groups in total. The van der Waals surface area contributed by atoms with Crippen molar-refractivity contribution in [1.29, 1.82) is 0 Å². The zero-order valence-electron chi connectivity index (χ0n) is 8.85. The summed E-state index contributed by atoms with van der Waals surface area (Å²) in [6.07, 6.45) is 0.941. The monoisotopic (exact) mass is 208 g/mol. The van der Waals surface area contributed by atoms with Gasteiger partial charge >= 0.3 is 6.16 Å². The summed E-state index contributed by atoms with van der Waals surface area (Å²) < 4.78 is 4.74. The summed E-state index contributed by atoms with van der Waals surface area (Å²) >= 11 is 0. The van der Waals surface area contributed by atoms with Crippen molar-refractivity contribution in [3.8, 4) is 0 Å². The first-order chi connectivity index (χ1) is 7.22. The van der Waals surface area contributed by atoms with Crippen molar-refractivity contribution in [3.05, 3.63) is 35.9 Å². The minimum Gasteiger partial charge on any atom is -0.450 e. The molecule has 0 fully saturated rings. The third-order valence-electron chi connectivity index (χ3n) is 2.32. The van der Waals surface area contributed by atoms with Crippen LogP contribution in [0.5, 0.6) is 0 Å².